The summed E-state index contributed by atoms with van der Waals surface area (Å²) in [5.74, 6) is -0.591. The van der Waals surface area contributed by atoms with Crippen LogP contribution in [0.2, 0.25) is 10.0 Å². The lowest BCUT2D eigenvalue weighted by Gasteiger charge is -2.27. The van der Waals surface area contributed by atoms with Crippen molar-refractivity contribution in [3.05, 3.63) is 105 Å². The summed E-state index contributed by atoms with van der Waals surface area (Å²) in [6.07, 6.45) is 6.07. The fraction of sp³-hybridized carbons (Fsp3) is 0.179. The third kappa shape index (κ3) is 5.37. The minimum Gasteiger partial charge on any atom is -0.333 e. The zero-order chi connectivity index (χ0) is 25.9. The van der Waals surface area contributed by atoms with E-state index in [0.717, 1.165) is 34.3 Å². The van der Waals surface area contributed by atoms with Crippen molar-refractivity contribution in [2.45, 2.75) is 19.5 Å². The van der Waals surface area contributed by atoms with Gasteiger partial charge < -0.3 is 5.32 Å². The largest absolute Gasteiger partial charge is 0.333 e. The van der Waals surface area contributed by atoms with Gasteiger partial charge in [0.15, 0.2) is 0 Å². The van der Waals surface area contributed by atoms with Crippen LogP contribution in [0.5, 0.6) is 0 Å². The molecule has 9 heteroatoms. The summed E-state index contributed by atoms with van der Waals surface area (Å²) >= 11 is 12.3. The topological polar surface area (TPSA) is 74.0 Å². The number of aromatic nitrogens is 2. The average Bonchev–Trinajstić information content (AvgIpc) is 3.21. The molecule has 2 aromatic carbocycles. The number of hydrogen-bond donors (Lipinski definition) is 1. The van der Waals surface area contributed by atoms with Gasteiger partial charge in [-0.3, -0.25) is 9.47 Å². The first-order valence-corrected chi connectivity index (χ1v) is 12.5. The number of amides is 1. The number of rotatable bonds is 5. The molecule has 5 rings (SSSR count). The smallest absolute Gasteiger partial charge is 0.326 e. The number of fused-ring (bicyclic) bond motifs is 3. The lowest BCUT2D eigenvalue weighted by Crippen LogP contribution is -2.34. The fourth-order valence-corrected chi connectivity index (χ4v) is 5.12. The van der Waals surface area contributed by atoms with Gasteiger partial charge in [0, 0.05) is 59.9 Å². The summed E-state index contributed by atoms with van der Waals surface area (Å²) in [7, 11) is 0. The quantitative estimate of drug-likeness (QED) is 0.310. The van der Waals surface area contributed by atoms with Gasteiger partial charge >= 0.3 is 6.03 Å². The normalized spacial score (nSPS) is 13.6. The summed E-state index contributed by atoms with van der Waals surface area (Å²) in [5, 5.41) is 14.4. The van der Waals surface area contributed by atoms with Crippen molar-refractivity contribution in [3.8, 4) is 6.07 Å². The van der Waals surface area contributed by atoms with Gasteiger partial charge in [-0.2, -0.15) is 9.65 Å². The first kappa shape index (κ1) is 25.0. The number of carbonyl (C=O) groups is 1. The lowest BCUT2D eigenvalue weighted by atomic mass is 10.0. The van der Waals surface area contributed by atoms with E-state index in [2.05, 4.69) is 27.3 Å². The molecule has 37 heavy (non-hydrogen) atoms. The number of nitrogens with zero attached hydrogens (tertiary/aromatic N) is 4. The lowest BCUT2D eigenvalue weighted by molar-refractivity contribution is 0.240. The standard InChI is InChI=1S/C28H22Cl2FN5O/c29-21-5-4-20(24(30)14-21)2-1-10-35-11-8-26-23(17-35)22-12-18(15-32)3-6-25(22)36(26)28(37)34-16-19-7-9-33-27(31)13-19/h1-7,9,12-14H,8,10-11,16-17H2,(H,34,37). The average molecular weight is 534 g/mol. The van der Waals surface area contributed by atoms with E-state index in [1.54, 1.807) is 28.8 Å². The van der Waals surface area contributed by atoms with Crippen molar-refractivity contribution in [1.82, 2.24) is 19.8 Å². The molecule has 186 valence electrons. The number of carbonyl (C=O) groups excluding carboxylic acids is 1. The van der Waals surface area contributed by atoms with Crippen LogP contribution in [0, 0.1) is 17.3 Å². The summed E-state index contributed by atoms with van der Waals surface area (Å²) in [5.41, 5.74) is 4.74. The molecule has 4 aromatic rings. The molecule has 6 nitrogen and oxygen atoms in total. The summed E-state index contributed by atoms with van der Waals surface area (Å²) < 4.78 is 15.1. The second kappa shape index (κ2) is 10.7. The molecule has 0 aliphatic carbocycles. The van der Waals surface area contributed by atoms with Gasteiger partial charge in [0.2, 0.25) is 5.95 Å². The molecule has 0 bridgehead atoms. The predicted molar refractivity (Wildman–Crippen MR) is 143 cm³/mol. The first-order chi connectivity index (χ1) is 17.9. The second-order valence-electron chi connectivity index (χ2n) is 8.80. The SMILES string of the molecule is N#Cc1ccc2c(c1)c1c(n2C(=O)NCc2ccnc(F)c2)CCN(CC=Cc2ccc(Cl)cc2Cl)C1. The predicted octanol–water partition coefficient (Wildman–Crippen LogP) is 6.18. The molecule has 0 saturated carbocycles. The number of hydrogen-bond acceptors (Lipinski definition) is 4. The van der Waals surface area contributed by atoms with E-state index in [1.165, 1.54) is 12.3 Å². The van der Waals surface area contributed by atoms with E-state index in [0.29, 0.717) is 40.7 Å². The van der Waals surface area contributed by atoms with E-state index in [4.69, 9.17) is 23.2 Å². The maximum Gasteiger partial charge on any atom is 0.326 e. The van der Waals surface area contributed by atoms with Gasteiger partial charge in [-0.1, -0.05) is 41.4 Å². The number of halogens is 3. The van der Waals surface area contributed by atoms with Crippen molar-refractivity contribution in [1.29, 1.82) is 5.26 Å². The molecule has 1 aliphatic rings. The van der Waals surface area contributed by atoms with Crippen LogP contribution in [0.25, 0.3) is 17.0 Å². The summed E-state index contributed by atoms with van der Waals surface area (Å²) in [4.78, 5) is 19.1. The number of benzene rings is 2. The van der Waals surface area contributed by atoms with Crippen molar-refractivity contribution < 1.29 is 9.18 Å². The minimum absolute atomic E-state index is 0.174. The molecule has 0 radical (unpaired) electrons. The van der Waals surface area contributed by atoms with Crippen molar-refractivity contribution in [3.63, 3.8) is 0 Å². The number of nitrogens with one attached hydrogen (secondary N) is 1. The highest BCUT2D eigenvalue weighted by molar-refractivity contribution is 6.35. The van der Waals surface area contributed by atoms with E-state index in [1.807, 2.05) is 24.3 Å². The van der Waals surface area contributed by atoms with Crippen LogP contribution in [0.1, 0.15) is 27.9 Å². The van der Waals surface area contributed by atoms with Crippen LogP contribution in [-0.2, 0) is 19.5 Å². The maximum absolute atomic E-state index is 13.5. The highest BCUT2D eigenvalue weighted by Crippen LogP contribution is 2.32. The van der Waals surface area contributed by atoms with Crippen LogP contribution in [0.4, 0.5) is 9.18 Å². The van der Waals surface area contributed by atoms with Crippen molar-refractivity contribution in [2.24, 2.45) is 0 Å². The molecule has 0 saturated heterocycles. The first-order valence-electron chi connectivity index (χ1n) is 11.7. The maximum atomic E-state index is 13.5. The molecule has 1 amide bonds. The van der Waals surface area contributed by atoms with E-state index < -0.39 is 5.95 Å². The number of pyridine rings is 1. The molecule has 0 atom stereocenters. The van der Waals surface area contributed by atoms with Crippen molar-refractivity contribution >= 4 is 46.2 Å². The molecular formula is C28H22Cl2FN5O. The van der Waals surface area contributed by atoms with E-state index in [-0.39, 0.29) is 12.6 Å². The molecule has 3 heterocycles. The molecule has 0 unspecified atom stereocenters. The van der Waals surface area contributed by atoms with Crippen LogP contribution in [-0.4, -0.2) is 33.6 Å². The summed E-state index contributed by atoms with van der Waals surface area (Å²) in [6, 6.07) is 15.6. The Morgan fingerprint density at radius 1 is 1.19 bits per heavy atom. The van der Waals surface area contributed by atoms with E-state index in [9.17, 15) is 14.4 Å². The fourth-order valence-electron chi connectivity index (χ4n) is 4.65. The zero-order valence-corrected chi connectivity index (χ0v) is 21.2. The summed E-state index contributed by atoms with van der Waals surface area (Å²) in [6.45, 7) is 2.27. The van der Waals surface area contributed by atoms with Crippen LogP contribution >= 0.6 is 23.2 Å². The van der Waals surface area contributed by atoms with Gasteiger partial charge in [0.05, 0.1) is 17.1 Å². The Morgan fingerprint density at radius 3 is 2.84 bits per heavy atom. The Morgan fingerprint density at radius 2 is 2.05 bits per heavy atom. The zero-order valence-electron chi connectivity index (χ0n) is 19.7. The monoisotopic (exact) mass is 533 g/mol. The van der Waals surface area contributed by atoms with Gasteiger partial charge in [-0.05, 0) is 59.2 Å². The molecule has 2 aromatic heterocycles. The van der Waals surface area contributed by atoms with Crippen LogP contribution < -0.4 is 5.32 Å². The number of nitriles is 1. The Bertz CT molecular complexity index is 1570. The molecule has 0 fully saturated rings. The molecular weight excluding hydrogens is 512 g/mol. The Labute approximate surface area is 223 Å². The van der Waals surface area contributed by atoms with Crippen LogP contribution in [0.3, 0.4) is 0 Å². The minimum atomic E-state index is -0.591. The Balaban J connectivity index is 1.39. The molecule has 0 spiro atoms. The Hall–Kier alpha value is -3.70. The van der Waals surface area contributed by atoms with Gasteiger partial charge in [-0.25, -0.2) is 9.78 Å². The van der Waals surface area contributed by atoms with Gasteiger partial charge in [0.1, 0.15) is 0 Å². The molecule has 1 aliphatic heterocycles. The third-order valence-electron chi connectivity index (χ3n) is 6.42. The van der Waals surface area contributed by atoms with Gasteiger partial charge in [-0.15, -0.1) is 0 Å². The second-order valence-corrected chi connectivity index (χ2v) is 9.65. The molecule has 1 N–H and O–H groups in total. The third-order valence-corrected chi connectivity index (χ3v) is 6.98. The van der Waals surface area contributed by atoms with E-state index >= 15 is 0 Å². The highest BCUT2D eigenvalue weighted by atomic mass is 35.5. The van der Waals surface area contributed by atoms with Crippen molar-refractivity contribution in [2.75, 3.05) is 13.1 Å². The highest BCUT2D eigenvalue weighted by Gasteiger charge is 2.26. The van der Waals surface area contributed by atoms with Crippen LogP contribution in [0.15, 0.2) is 60.8 Å². The van der Waals surface area contributed by atoms with Gasteiger partial charge in [0.25, 0.3) is 0 Å². The Kier molecular flexibility index (Phi) is 7.24.